The minimum absolute atomic E-state index is 0.136. The molecule has 0 aromatic rings. The van der Waals surface area contributed by atoms with Crippen LogP contribution in [-0.4, -0.2) is 65.7 Å². The molecule has 2 rings (SSSR count). The number of hydrogen-bond donors (Lipinski definition) is 2. The second-order valence-electron chi connectivity index (χ2n) is 5.94. The quantitative estimate of drug-likeness (QED) is 0.783. The molecule has 19 heavy (non-hydrogen) atoms. The first-order valence-corrected chi connectivity index (χ1v) is 7.33. The Kier molecular flexibility index (Phi) is 5.19. The highest BCUT2D eigenvalue weighted by atomic mass is 16.4. The summed E-state index contributed by atoms with van der Waals surface area (Å²) in [6.45, 7) is 10.6. The average Bonchev–Trinajstić information content (AvgIpc) is 2.39. The molecule has 2 fully saturated rings. The predicted octanol–water partition coefficient (Wildman–Crippen LogP) is 0.627. The standard InChI is InChI=1S/C14H26N3O2/c1-11(2)16-6-3-12(4-7-16)13-9-15-5-8-17(13)10-14(18)19/h8,11-13,15H,3-7,9-10H2,1-2H3,(H,18,19). The maximum Gasteiger partial charge on any atom is 0.317 e. The summed E-state index contributed by atoms with van der Waals surface area (Å²) in [5, 5.41) is 12.4. The monoisotopic (exact) mass is 268 g/mol. The molecule has 1 radical (unpaired) electrons. The molecule has 1 atom stereocenters. The van der Waals surface area contributed by atoms with Gasteiger partial charge in [-0.05, 0) is 45.7 Å². The number of nitrogens with zero attached hydrogens (tertiary/aromatic N) is 2. The van der Waals surface area contributed by atoms with Crippen LogP contribution >= 0.6 is 0 Å². The van der Waals surface area contributed by atoms with Gasteiger partial charge in [0.05, 0.1) is 6.54 Å². The van der Waals surface area contributed by atoms with Crippen LogP contribution in [0.2, 0.25) is 0 Å². The first-order valence-electron chi connectivity index (χ1n) is 7.33. The molecule has 2 heterocycles. The third kappa shape index (κ3) is 3.91. The van der Waals surface area contributed by atoms with Crippen molar-refractivity contribution in [3.63, 3.8) is 0 Å². The van der Waals surface area contributed by atoms with Crippen molar-refractivity contribution in [1.29, 1.82) is 0 Å². The van der Waals surface area contributed by atoms with E-state index in [0.717, 1.165) is 26.2 Å². The minimum Gasteiger partial charge on any atom is -0.480 e. The minimum atomic E-state index is -0.734. The highest BCUT2D eigenvalue weighted by Crippen LogP contribution is 2.26. The summed E-state index contributed by atoms with van der Waals surface area (Å²) in [6.07, 6.45) is 2.35. The van der Waals surface area contributed by atoms with Gasteiger partial charge in [-0.3, -0.25) is 9.69 Å². The second-order valence-corrected chi connectivity index (χ2v) is 5.94. The van der Waals surface area contributed by atoms with Gasteiger partial charge in [0, 0.05) is 31.7 Å². The Morgan fingerprint density at radius 2 is 2.11 bits per heavy atom. The van der Waals surface area contributed by atoms with Gasteiger partial charge in [0.15, 0.2) is 0 Å². The number of carboxylic acids is 1. The summed E-state index contributed by atoms with van der Waals surface area (Å²) < 4.78 is 0. The molecular formula is C14H26N3O2. The number of hydrogen-bond acceptors (Lipinski definition) is 4. The van der Waals surface area contributed by atoms with Gasteiger partial charge in [-0.15, -0.1) is 0 Å². The Morgan fingerprint density at radius 1 is 1.42 bits per heavy atom. The zero-order valence-electron chi connectivity index (χ0n) is 12.0. The lowest BCUT2D eigenvalue weighted by atomic mass is 9.87. The Bertz CT molecular complexity index is 301. The summed E-state index contributed by atoms with van der Waals surface area (Å²) >= 11 is 0. The van der Waals surface area contributed by atoms with Crippen molar-refractivity contribution in [2.24, 2.45) is 5.92 Å². The van der Waals surface area contributed by atoms with E-state index in [4.69, 9.17) is 5.11 Å². The maximum absolute atomic E-state index is 10.9. The van der Waals surface area contributed by atoms with E-state index >= 15 is 0 Å². The van der Waals surface area contributed by atoms with Gasteiger partial charge in [-0.1, -0.05) is 0 Å². The third-order valence-electron chi connectivity index (χ3n) is 4.42. The average molecular weight is 268 g/mol. The van der Waals surface area contributed by atoms with Crippen LogP contribution in [0.3, 0.4) is 0 Å². The zero-order chi connectivity index (χ0) is 13.8. The lowest BCUT2D eigenvalue weighted by molar-refractivity contribution is -0.139. The van der Waals surface area contributed by atoms with Crippen molar-refractivity contribution in [1.82, 2.24) is 15.1 Å². The fourth-order valence-corrected chi connectivity index (χ4v) is 3.26. The topological polar surface area (TPSA) is 55.8 Å². The summed E-state index contributed by atoms with van der Waals surface area (Å²) in [7, 11) is 0. The van der Waals surface area contributed by atoms with Crippen LogP contribution in [-0.2, 0) is 4.79 Å². The molecule has 1 unspecified atom stereocenters. The molecular weight excluding hydrogens is 242 g/mol. The van der Waals surface area contributed by atoms with Crippen molar-refractivity contribution in [2.45, 2.75) is 38.8 Å². The number of piperazine rings is 1. The number of rotatable bonds is 4. The lowest BCUT2D eigenvalue weighted by Crippen LogP contribution is -2.55. The SMILES string of the molecule is CC(C)N1CCC(C2CNC[CH]N2CC(=O)O)CC1. The summed E-state index contributed by atoms with van der Waals surface area (Å²) in [5.74, 6) is -0.124. The second kappa shape index (κ2) is 6.68. The van der Waals surface area contributed by atoms with Gasteiger partial charge < -0.3 is 15.3 Å². The molecule has 0 spiro atoms. The number of aliphatic carboxylic acids is 1. The van der Waals surface area contributed by atoms with E-state index in [1.54, 1.807) is 0 Å². The largest absolute Gasteiger partial charge is 0.480 e. The van der Waals surface area contributed by atoms with Crippen LogP contribution in [0.4, 0.5) is 0 Å². The first kappa shape index (κ1) is 14.8. The van der Waals surface area contributed by atoms with Gasteiger partial charge in [-0.25, -0.2) is 0 Å². The summed E-state index contributed by atoms with van der Waals surface area (Å²) in [5.41, 5.74) is 0. The van der Waals surface area contributed by atoms with E-state index in [9.17, 15) is 4.79 Å². The maximum atomic E-state index is 10.9. The van der Waals surface area contributed by atoms with Gasteiger partial charge in [0.2, 0.25) is 0 Å². The van der Waals surface area contributed by atoms with Gasteiger partial charge >= 0.3 is 5.97 Å². The van der Waals surface area contributed by atoms with E-state index in [-0.39, 0.29) is 6.54 Å². The number of carboxylic acid groups (broad SMARTS) is 1. The van der Waals surface area contributed by atoms with Crippen LogP contribution in [0.15, 0.2) is 0 Å². The van der Waals surface area contributed by atoms with Crippen LogP contribution in [0.1, 0.15) is 26.7 Å². The molecule has 2 N–H and O–H groups in total. The van der Waals surface area contributed by atoms with Crippen molar-refractivity contribution >= 4 is 5.97 Å². The van der Waals surface area contributed by atoms with E-state index in [1.165, 1.54) is 12.8 Å². The molecule has 5 nitrogen and oxygen atoms in total. The van der Waals surface area contributed by atoms with Crippen LogP contribution < -0.4 is 5.32 Å². The third-order valence-corrected chi connectivity index (χ3v) is 4.42. The molecule has 0 saturated carbocycles. The number of carbonyl (C=O) groups is 1. The van der Waals surface area contributed by atoms with E-state index in [2.05, 4.69) is 24.1 Å². The Hall–Kier alpha value is -0.650. The molecule has 0 aromatic carbocycles. The summed E-state index contributed by atoms with van der Waals surface area (Å²) in [4.78, 5) is 15.5. The smallest absolute Gasteiger partial charge is 0.317 e. The molecule has 0 bridgehead atoms. The Morgan fingerprint density at radius 3 is 2.68 bits per heavy atom. The molecule has 2 aliphatic heterocycles. The van der Waals surface area contributed by atoms with Crippen molar-refractivity contribution in [3.8, 4) is 0 Å². The van der Waals surface area contributed by atoms with E-state index < -0.39 is 5.97 Å². The molecule has 109 valence electrons. The molecule has 5 heteroatoms. The Balaban J connectivity index is 1.90. The molecule has 2 saturated heterocycles. The number of nitrogens with one attached hydrogen (secondary N) is 1. The molecule has 0 amide bonds. The fraction of sp³-hybridized carbons (Fsp3) is 0.857. The van der Waals surface area contributed by atoms with Crippen molar-refractivity contribution < 1.29 is 9.90 Å². The van der Waals surface area contributed by atoms with Gasteiger partial charge in [-0.2, -0.15) is 0 Å². The van der Waals surface area contributed by atoms with E-state index in [0.29, 0.717) is 18.0 Å². The number of piperidine rings is 1. The molecule has 0 aliphatic carbocycles. The Labute approximate surface area is 115 Å². The summed E-state index contributed by atoms with van der Waals surface area (Å²) in [6, 6.07) is 0.964. The van der Waals surface area contributed by atoms with Crippen molar-refractivity contribution in [2.75, 3.05) is 32.7 Å². The van der Waals surface area contributed by atoms with Crippen LogP contribution in [0, 0.1) is 12.5 Å². The van der Waals surface area contributed by atoms with Gasteiger partial charge in [0.1, 0.15) is 0 Å². The highest BCUT2D eigenvalue weighted by molar-refractivity contribution is 5.69. The van der Waals surface area contributed by atoms with E-state index in [1.807, 2.05) is 11.4 Å². The number of likely N-dealkylation sites (tertiary alicyclic amines) is 1. The zero-order valence-corrected chi connectivity index (χ0v) is 12.0. The van der Waals surface area contributed by atoms with Crippen LogP contribution in [0.5, 0.6) is 0 Å². The predicted molar refractivity (Wildman–Crippen MR) is 74.7 cm³/mol. The van der Waals surface area contributed by atoms with Crippen molar-refractivity contribution in [3.05, 3.63) is 6.54 Å². The molecule has 2 aliphatic rings. The fourth-order valence-electron chi connectivity index (χ4n) is 3.26. The normalized spacial score (nSPS) is 27.8. The van der Waals surface area contributed by atoms with Crippen LogP contribution in [0.25, 0.3) is 0 Å². The lowest BCUT2D eigenvalue weighted by Gasteiger charge is -2.43. The van der Waals surface area contributed by atoms with Gasteiger partial charge in [0.25, 0.3) is 0 Å². The highest BCUT2D eigenvalue weighted by Gasteiger charge is 2.33. The molecule has 0 aromatic heterocycles. The first-order chi connectivity index (χ1) is 9.08.